The average molecular weight is 397 g/mol. The molecule has 0 heterocycles. The summed E-state index contributed by atoms with van der Waals surface area (Å²) in [6.45, 7) is 0.597. The molecule has 0 atom stereocenters. The Bertz CT molecular complexity index is 663. The zero-order valence-electron chi connectivity index (χ0n) is 16.8. The third-order valence-corrected chi connectivity index (χ3v) is 5.25. The Balaban J connectivity index is 0.00000261. The van der Waals surface area contributed by atoms with E-state index in [2.05, 4.69) is 22.8 Å². The Morgan fingerprint density at radius 1 is 1.19 bits per heavy atom. The monoisotopic (exact) mass is 396 g/mol. The third kappa shape index (κ3) is 6.22. The van der Waals surface area contributed by atoms with E-state index in [1.54, 1.807) is 14.2 Å². The van der Waals surface area contributed by atoms with Crippen LogP contribution in [0.15, 0.2) is 23.8 Å². The molecule has 0 bridgehead atoms. The van der Waals surface area contributed by atoms with E-state index in [0.717, 1.165) is 48.4 Å². The summed E-state index contributed by atoms with van der Waals surface area (Å²) in [6.07, 6.45) is 8.85. The Kier molecular flexibility index (Phi) is 9.66. The van der Waals surface area contributed by atoms with Gasteiger partial charge >= 0.3 is 51.4 Å². The number of methoxy groups -OCH3 is 1. The molecule has 0 aromatic heterocycles. The van der Waals surface area contributed by atoms with Crippen LogP contribution < -0.4 is 66.2 Å². The minimum Gasteiger partial charge on any atom is -0.656 e. The number of amides is 1. The molecule has 27 heavy (non-hydrogen) atoms. The standard InChI is InChI=1S/C21H30N2O3.K/c1-22-20(24)12-13-23-21(15-6-5-7-15)16-10-11-18(25-2)19(14-16)26-17-8-3-4-9-17;/h10-11,14,17,23H,3-9,12-13H2,1-2H3,(H,22,24);/q;+1/p-1. The number of ether oxygens (including phenoxy) is 2. The molecule has 2 aliphatic rings. The molecule has 0 unspecified atom stereocenters. The maximum atomic E-state index is 11.5. The van der Waals surface area contributed by atoms with Crippen molar-refractivity contribution in [2.75, 3.05) is 20.7 Å². The van der Waals surface area contributed by atoms with E-state index in [-0.39, 0.29) is 63.4 Å². The van der Waals surface area contributed by atoms with Crippen molar-refractivity contribution >= 4 is 11.6 Å². The molecule has 0 radical (unpaired) electrons. The number of benzene rings is 1. The van der Waals surface area contributed by atoms with Gasteiger partial charge in [-0.25, -0.2) is 0 Å². The fourth-order valence-electron chi connectivity index (χ4n) is 3.55. The first-order valence-corrected chi connectivity index (χ1v) is 9.65. The first kappa shape index (κ1) is 22.8. The van der Waals surface area contributed by atoms with Crippen LogP contribution in [0, 0.1) is 0 Å². The molecule has 2 saturated carbocycles. The van der Waals surface area contributed by atoms with Crippen LogP contribution in [0.2, 0.25) is 0 Å². The second-order valence-electron chi connectivity index (χ2n) is 7.02. The van der Waals surface area contributed by atoms with Crippen molar-refractivity contribution in [1.29, 1.82) is 0 Å². The fraction of sp³-hybridized carbons (Fsp3) is 0.571. The normalized spacial score (nSPS) is 16.1. The van der Waals surface area contributed by atoms with E-state index in [9.17, 15) is 4.79 Å². The van der Waals surface area contributed by atoms with E-state index in [1.165, 1.54) is 24.8 Å². The van der Waals surface area contributed by atoms with Crippen LogP contribution in [-0.4, -0.2) is 32.7 Å². The molecule has 0 saturated heterocycles. The van der Waals surface area contributed by atoms with Crippen LogP contribution in [0.4, 0.5) is 0 Å². The number of rotatable bonds is 8. The van der Waals surface area contributed by atoms with Gasteiger partial charge in [0.25, 0.3) is 0 Å². The average Bonchev–Trinajstić information content (AvgIpc) is 3.12. The second kappa shape index (κ2) is 11.5. The molecule has 0 aliphatic heterocycles. The molecular weight excluding hydrogens is 367 g/mol. The van der Waals surface area contributed by atoms with Crippen molar-refractivity contribution in [3.05, 3.63) is 34.7 Å². The molecule has 2 fully saturated rings. The van der Waals surface area contributed by atoms with Gasteiger partial charge in [-0.2, -0.15) is 0 Å². The van der Waals surface area contributed by atoms with Crippen molar-refractivity contribution in [3.63, 3.8) is 0 Å². The summed E-state index contributed by atoms with van der Waals surface area (Å²) in [5.41, 5.74) is 3.66. The number of carbonyl (C=O) groups is 1. The molecule has 142 valence electrons. The summed E-state index contributed by atoms with van der Waals surface area (Å²) in [6, 6.07) is 6.13. The molecule has 1 N–H and O–H groups in total. The molecular formula is C21H29KN2O3. The Morgan fingerprint density at radius 2 is 1.93 bits per heavy atom. The maximum absolute atomic E-state index is 11.5. The minimum atomic E-state index is -0.0737. The molecule has 3 rings (SSSR count). The van der Waals surface area contributed by atoms with Gasteiger partial charge < -0.3 is 24.9 Å². The van der Waals surface area contributed by atoms with E-state index in [0.29, 0.717) is 13.0 Å². The van der Waals surface area contributed by atoms with Gasteiger partial charge in [0.1, 0.15) is 0 Å². The molecule has 5 nitrogen and oxygen atoms in total. The molecule has 0 spiro atoms. The number of hydrogen-bond acceptors (Lipinski definition) is 4. The van der Waals surface area contributed by atoms with Crippen molar-refractivity contribution in [3.8, 4) is 11.5 Å². The van der Waals surface area contributed by atoms with E-state index in [1.807, 2.05) is 6.07 Å². The third-order valence-electron chi connectivity index (χ3n) is 5.25. The fourth-order valence-corrected chi connectivity index (χ4v) is 3.55. The van der Waals surface area contributed by atoms with E-state index < -0.39 is 0 Å². The molecule has 1 aromatic rings. The topological polar surface area (TPSA) is 61.7 Å². The van der Waals surface area contributed by atoms with Gasteiger partial charge in [0.05, 0.1) is 19.1 Å². The molecule has 1 aromatic carbocycles. The largest absolute Gasteiger partial charge is 1.00 e. The number of nitrogens with one attached hydrogen (secondary N) is 1. The minimum absolute atomic E-state index is 0. The zero-order valence-corrected chi connectivity index (χ0v) is 20.0. The van der Waals surface area contributed by atoms with Crippen LogP contribution in [0.3, 0.4) is 0 Å². The quantitative estimate of drug-likeness (QED) is 0.675. The van der Waals surface area contributed by atoms with Crippen LogP contribution in [0.1, 0.15) is 56.9 Å². The Labute approximate surface area is 205 Å². The summed E-state index contributed by atoms with van der Waals surface area (Å²) in [5.74, 6) is 1.52. The Hall–Kier alpha value is -0.534. The van der Waals surface area contributed by atoms with E-state index in [4.69, 9.17) is 9.47 Å². The van der Waals surface area contributed by atoms with Crippen molar-refractivity contribution in [2.24, 2.45) is 0 Å². The SMILES string of the molecule is C[N-]C(=O)CCNC(=C1CCC1)c1ccc(OC)c(OC2CCCC2)c1.[K+]. The Morgan fingerprint density at radius 3 is 2.52 bits per heavy atom. The summed E-state index contributed by atoms with van der Waals surface area (Å²) < 4.78 is 11.7. The van der Waals surface area contributed by atoms with Crippen molar-refractivity contribution in [1.82, 2.24) is 5.32 Å². The first-order valence-electron chi connectivity index (χ1n) is 9.65. The van der Waals surface area contributed by atoms with E-state index >= 15 is 0 Å². The van der Waals surface area contributed by atoms with Gasteiger partial charge in [-0.1, -0.05) is 0 Å². The van der Waals surface area contributed by atoms with Crippen LogP contribution >= 0.6 is 0 Å². The van der Waals surface area contributed by atoms with Gasteiger partial charge in [0.15, 0.2) is 11.5 Å². The van der Waals surface area contributed by atoms with Crippen LogP contribution in [-0.2, 0) is 4.79 Å². The van der Waals surface area contributed by atoms with Gasteiger partial charge in [-0.05, 0) is 68.7 Å². The van der Waals surface area contributed by atoms with Gasteiger partial charge in [0.2, 0.25) is 0 Å². The smallest absolute Gasteiger partial charge is 0.656 e. The van der Waals surface area contributed by atoms with Crippen LogP contribution in [0.25, 0.3) is 11.0 Å². The molecule has 1 amide bonds. The molecule has 6 heteroatoms. The van der Waals surface area contributed by atoms with Crippen molar-refractivity contribution in [2.45, 2.75) is 57.5 Å². The number of nitrogens with zero attached hydrogens (tertiary/aromatic N) is 1. The predicted octanol–water partition coefficient (Wildman–Crippen LogP) is 1.43. The summed E-state index contributed by atoms with van der Waals surface area (Å²) in [7, 11) is 3.23. The number of hydrogen-bond donors (Lipinski definition) is 1. The summed E-state index contributed by atoms with van der Waals surface area (Å²) in [4.78, 5) is 11.5. The van der Waals surface area contributed by atoms with Gasteiger partial charge in [-0.3, -0.25) is 0 Å². The van der Waals surface area contributed by atoms with Crippen molar-refractivity contribution < 1.29 is 65.7 Å². The summed E-state index contributed by atoms with van der Waals surface area (Å²) >= 11 is 0. The summed E-state index contributed by atoms with van der Waals surface area (Å²) in [5, 5.41) is 7.16. The van der Waals surface area contributed by atoms with Gasteiger partial charge in [0, 0.05) is 24.2 Å². The number of allylic oxidation sites excluding steroid dienone is 1. The second-order valence-corrected chi connectivity index (χ2v) is 7.02. The first-order chi connectivity index (χ1) is 12.7. The maximum Gasteiger partial charge on any atom is 1.00 e. The van der Waals surface area contributed by atoms with Crippen LogP contribution in [0.5, 0.6) is 11.5 Å². The zero-order chi connectivity index (χ0) is 18.4. The molecule has 2 aliphatic carbocycles. The number of carbonyl (C=O) groups excluding carboxylic acids is 1. The predicted molar refractivity (Wildman–Crippen MR) is 104 cm³/mol. The van der Waals surface area contributed by atoms with Gasteiger partial charge in [-0.15, -0.1) is 7.05 Å².